The standard InChI is InChI=1S/C12H18ClN3O/c1-4-6-9(3)14-11-7-10(13)15-12(16-11)8-17-5-2/h4,7,9H,1,5-6,8H2,2-3H3,(H,14,15,16). The Morgan fingerprint density at radius 3 is 3.00 bits per heavy atom. The fourth-order valence-electron chi connectivity index (χ4n) is 1.36. The molecule has 1 aromatic heterocycles. The van der Waals surface area contributed by atoms with Gasteiger partial charge in [-0.1, -0.05) is 17.7 Å². The lowest BCUT2D eigenvalue weighted by Gasteiger charge is -2.13. The van der Waals surface area contributed by atoms with Gasteiger partial charge in [0.05, 0.1) is 0 Å². The van der Waals surface area contributed by atoms with E-state index in [0.717, 1.165) is 6.42 Å². The monoisotopic (exact) mass is 255 g/mol. The Morgan fingerprint density at radius 1 is 1.59 bits per heavy atom. The smallest absolute Gasteiger partial charge is 0.158 e. The number of aromatic nitrogens is 2. The van der Waals surface area contributed by atoms with E-state index in [9.17, 15) is 0 Å². The van der Waals surface area contributed by atoms with Crippen molar-refractivity contribution < 1.29 is 4.74 Å². The molecule has 1 atom stereocenters. The molecule has 0 saturated heterocycles. The summed E-state index contributed by atoms with van der Waals surface area (Å²) in [5, 5.41) is 3.66. The van der Waals surface area contributed by atoms with Crippen LogP contribution in [0.5, 0.6) is 0 Å². The highest BCUT2D eigenvalue weighted by Crippen LogP contribution is 2.13. The highest BCUT2D eigenvalue weighted by Gasteiger charge is 2.05. The molecule has 17 heavy (non-hydrogen) atoms. The van der Waals surface area contributed by atoms with Crippen LogP contribution < -0.4 is 5.32 Å². The summed E-state index contributed by atoms with van der Waals surface area (Å²) in [7, 11) is 0. The molecule has 1 aromatic rings. The van der Waals surface area contributed by atoms with Gasteiger partial charge in [0.15, 0.2) is 5.82 Å². The largest absolute Gasteiger partial charge is 0.374 e. The van der Waals surface area contributed by atoms with Crippen LogP contribution in [0.3, 0.4) is 0 Å². The Kier molecular flexibility index (Phi) is 5.94. The van der Waals surface area contributed by atoms with Crippen LogP contribution in [0.1, 0.15) is 26.1 Å². The van der Waals surface area contributed by atoms with Gasteiger partial charge in [-0.2, -0.15) is 0 Å². The molecule has 0 radical (unpaired) electrons. The van der Waals surface area contributed by atoms with Crippen LogP contribution in [0.2, 0.25) is 5.15 Å². The first-order valence-corrected chi connectivity index (χ1v) is 6.02. The summed E-state index contributed by atoms with van der Waals surface area (Å²) in [6.07, 6.45) is 2.73. The van der Waals surface area contributed by atoms with Gasteiger partial charge in [-0.3, -0.25) is 0 Å². The maximum Gasteiger partial charge on any atom is 0.158 e. The molecule has 0 spiro atoms. The van der Waals surface area contributed by atoms with E-state index in [1.54, 1.807) is 6.07 Å². The number of anilines is 1. The Hall–Kier alpha value is -1.13. The van der Waals surface area contributed by atoms with Crippen LogP contribution in [0.25, 0.3) is 0 Å². The maximum atomic E-state index is 5.92. The van der Waals surface area contributed by atoms with Crippen molar-refractivity contribution >= 4 is 17.4 Å². The maximum absolute atomic E-state index is 5.92. The minimum atomic E-state index is 0.262. The molecule has 1 heterocycles. The summed E-state index contributed by atoms with van der Waals surface area (Å²) < 4.78 is 5.25. The van der Waals surface area contributed by atoms with E-state index in [2.05, 4.69) is 28.8 Å². The molecule has 0 saturated carbocycles. The lowest BCUT2D eigenvalue weighted by atomic mass is 10.2. The minimum Gasteiger partial charge on any atom is -0.374 e. The number of halogens is 1. The van der Waals surface area contributed by atoms with Crippen LogP contribution >= 0.6 is 11.6 Å². The normalized spacial score (nSPS) is 12.2. The van der Waals surface area contributed by atoms with Gasteiger partial charge < -0.3 is 10.1 Å². The van der Waals surface area contributed by atoms with Gasteiger partial charge >= 0.3 is 0 Å². The summed E-state index contributed by atoms with van der Waals surface area (Å²) in [6.45, 7) is 8.69. The Labute approximate surface area is 107 Å². The van der Waals surface area contributed by atoms with E-state index in [1.165, 1.54) is 0 Å². The highest BCUT2D eigenvalue weighted by atomic mass is 35.5. The topological polar surface area (TPSA) is 47.0 Å². The van der Waals surface area contributed by atoms with Gasteiger partial charge in [-0.05, 0) is 20.3 Å². The fourth-order valence-corrected chi connectivity index (χ4v) is 1.56. The number of nitrogens with one attached hydrogen (secondary N) is 1. The molecule has 94 valence electrons. The predicted octanol–water partition coefficient (Wildman–Crippen LogP) is 3.04. The molecule has 0 aromatic carbocycles. The Bertz CT molecular complexity index is 371. The molecule has 0 aliphatic carbocycles. The van der Waals surface area contributed by atoms with Gasteiger partial charge in [0.1, 0.15) is 17.6 Å². The quantitative estimate of drug-likeness (QED) is 0.601. The fraction of sp³-hybridized carbons (Fsp3) is 0.500. The second-order valence-corrected chi connectivity index (χ2v) is 4.09. The second kappa shape index (κ2) is 7.25. The summed E-state index contributed by atoms with van der Waals surface area (Å²) in [6, 6.07) is 1.97. The van der Waals surface area contributed by atoms with Gasteiger partial charge in [-0.25, -0.2) is 9.97 Å². The summed E-state index contributed by atoms with van der Waals surface area (Å²) >= 11 is 5.92. The van der Waals surface area contributed by atoms with E-state index >= 15 is 0 Å². The molecule has 1 N–H and O–H groups in total. The first kappa shape index (κ1) is 13.9. The SMILES string of the molecule is C=CCC(C)Nc1cc(Cl)nc(COCC)n1. The first-order valence-electron chi connectivity index (χ1n) is 5.64. The zero-order valence-electron chi connectivity index (χ0n) is 10.2. The van der Waals surface area contributed by atoms with Crippen molar-refractivity contribution in [1.82, 2.24) is 9.97 Å². The number of hydrogen-bond acceptors (Lipinski definition) is 4. The molecule has 1 rings (SSSR count). The zero-order valence-corrected chi connectivity index (χ0v) is 11.0. The average Bonchev–Trinajstić information content (AvgIpc) is 2.25. The van der Waals surface area contributed by atoms with Crippen molar-refractivity contribution in [2.24, 2.45) is 0 Å². The van der Waals surface area contributed by atoms with E-state index in [0.29, 0.717) is 30.0 Å². The first-order chi connectivity index (χ1) is 8.15. The van der Waals surface area contributed by atoms with Crippen LogP contribution in [0, 0.1) is 0 Å². The number of nitrogens with zero attached hydrogens (tertiary/aromatic N) is 2. The van der Waals surface area contributed by atoms with Gasteiger partial charge in [-0.15, -0.1) is 6.58 Å². The molecule has 0 amide bonds. The zero-order chi connectivity index (χ0) is 12.7. The third-order valence-corrected chi connectivity index (χ3v) is 2.28. The Morgan fingerprint density at radius 2 is 2.35 bits per heavy atom. The molecular weight excluding hydrogens is 238 g/mol. The Balaban J connectivity index is 2.70. The second-order valence-electron chi connectivity index (χ2n) is 3.70. The molecule has 0 fully saturated rings. The molecule has 0 aliphatic rings. The predicted molar refractivity (Wildman–Crippen MR) is 70.3 cm³/mol. The lowest BCUT2D eigenvalue weighted by Crippen LogP contribution is -2.16. The summed E-state index contributed by atoms with van der Waals surface area (Å²) in [5.74, 6) is 1.31. The average molecular weight is 256 g/mol. The van der Waals surface area contributed by atoms with Gasteiger partial charge in [0.25, 0.3) is 0 Å². The van der Waals surface area contributed by atoms with Crippen molar-refractivity contribution in [3.63, 3.8) is 0 Å². The lowest BCUT2D eigenvalue weighted by molar-refractivity contribution is 0.128. The number of ether oxygens (including phenoxy) is 1. The minimum absolute atomic E-state index is 0.262. The highest BCUT2D eigenvalue weighted by molar-refractivity contribution is 6.29. The molecular formula is C12H18ClN3O. The molecule has 0 bridgehead atoms. The summed E-state index contributed by atoms with van der Waals surface area (Å²) in [5.41, 5.74) is 0. The van der Waals surface area contributed by atoms with Gasteiger partial charge in [0, 0.05) is 18.7 Å². The van der Waals surface area contributed by atoms with Gasteiger partial charge in [0.2, 0.25) is 0 Å². The van der Waals surface area contributed by atoms with Crippen LogP contribution in [-0.2, 0) is 11.3 Å². The van der Waals surface area contributed by atoms with Crippen molar-refractivity contribution in [3.8, 4) is 0 Å². The van der Waals surface area contributed by atoms with Crippen LogP contribution in [-0.4, -0.2) is 22.6 Å². The van der Waals surface area contributed by atoms with Crippen molar-refractivity contribution in [2.75, 3.05) is 11.9 Å². The van der Waals surface area contributed by atoms with Crippen molar-refractivity contribution in [1.29, 1.82) is 0 Å². The molecule has 4 nitrogen and oxygen atoms in total. The molecule has 0 aliphatic heterocycles. The number of hydrogen-bond donors (Lipinski definition) is 1. The molecule has 1 unspecified atom stereocenters. The molecule has 5 heteroatoms. The summed E-state index contributed by atoms with van der Waals surface area (Å²) in [4.78, 5) is 8.42. The van der Waals surface area contributed by atoms with Crippen molar-refractivity contribution in [3.05, 3.63) is 29.7 Å². The third-order valence-electron chi connectivity index (χ3n) is 2.09. The third kappa shape index (κ3) is 5.15. The van der Waals surface area contributed by atoms with Crippen LogP contribution in [0.15, 0.2) is 18.7 Å². The van der Waals surface area contributed by atoms with E-state index in [1.807, 2.05) is 13.0 Å². The van der Waals surface area contributed by atoms with Crippen molar-refractivity contribution in [2.45, 2.75) is 32.9 Å². The number of rotatable bonds is 7. The van der Waals surface area contributed by atoms with E-state index < -0.39 is 0 Å². The van der Waals surface area contributed by atoms with E-state index in [-0.39, 0.29) is 6.04 Å². The van der Waals surface area contributed by atoms with Crippen LogP contribution in [0.4, 0.5) is 5.82 Å². The van der Waals surface area contributed by atoms with E-state index in [4.69, 9.17) is 16.3 Å².